The number of carbonyl (C=O) groups is 1. The third-order valence-electron chi connectivity index (χ3n) is 8.23. The van der Waals surface area contributed by atoms with Crippen LogP contribution in [0.1, 0.15) is 22.3 Å². The highest BCUT2D eigenvalue weighted by atomic mass is 32.2. The molecular weight excluding hydrogens is 627 g/mol. The zero-order valence-electron chi connectivity index (χ0n) is 26.3. The van der Waals surface area contributed by atoms with Crippen molar-refractivity contribution in [1.29, 1.82) is 0 Å². The average Bonchev–Trinajstić information content (AvgIpc) is 3.10. The highest BCUT2D eigenvalue weighted by molar-refractivity contribution is 7.89. The smallest absolute Gasteiger partial charge is 0.322 e. The number of carboxylic acid groups (broad SMARTS) is 1. The lowest BCUT2D eigenvalue weighted by Gasteiger charge is -2.37. The Balaban J connectivity index is 1.66. The number of rotatable bonds is 16. The van der Waals surface area contributed by atoms with Crippen LogP contribution in [0.5, 0.6) is 0 Å². The van der Waals surface area contributed by atoms with E-state index in [0.717, 1.165) is 27.1 Å². The minimum Gasteiger partial charge on any atom is -0.480 e. The maximum Gasteiger partial charge on any atom is 0.322 e. The Bertz CT molecular complexity index is 1850. The second-order valence-corrected chi connectivity index (χ2v) is 13.4. The molecule has 0 bridgehead atoms. The third kappa shape index (κ3) is 8.80. The summed E-state index contributed by atoms with van der Waals surface area (Å²) in [5.41, 5.74) is 2.94. The first-order valence-corrected chi connectivity index (χ1v) is 17.0. The first kappa shape index (κ1) is 34.2. The molecule has 1 N–H and O–H groups in total. The Morgan fingerprint density at radius 2 is 1.06 bits per heavy atom. The van der Waals surface area contributed by atoms with E-state index in [2.05, 4.69) is 4.90 Å². The van der Waals surface area contributed by atoms with Gasteiger partial charge in [-0.2, -0.15) is 4.31 Å². The van der Waals surface area contributed by atoms with E-state index in [1.165, 1.54) is 18.2 Å². The van der Waals surface area contributed by atoms with Crippen molar-refractivity contribution in [3.63, 3.8) is 0 Å². The molecule has 0 saturated heterocycles. The first-order valence-electron chi connectivity index (χ1n) is 15.6. The van der Waals surface area contributed by atoms with Crippen LogP contribution in [0.4, 0.5) is 5.69 Å². The van der Waals surface area contributed by atoms with Crippen LogP contribution in [-0.4, -0.2) is 52.3 Å². The number of nitro benzene ring substituents is 1. The maximum absolute atomic E-state index is 14.7. The quantitative estimate of drug-likeness (QED) is 0.0934. The Morgan fingerprint density at radius 3 is 1.52 bits per heavy atom. The molecule has 0 aliphatic rings. The fraction of sp³-hybridized carbons (Fsp3) is 0.184. The van der Waals surface area contributed by atoms with Crippen molar-refractivity contribution in [2.24, 2.45) is 0 Å². The molecule has 5 aromatic rings. The number of hydrogen-bond acceptors (Lipinski definition) is 6. The maximum atomic E-state index is 14.7. The molecule has 0 aliphatic heterocycles. The molecular formula is C38H37N3O6S. The number of carboxylic acids is 1. The topological polar surface area (TPSA) is 121 Å². The number of sulfonamides is 1. The molecule has 9 nitrogen and oxygen atoms in total. The van der Waals surface area contributed by atoms with Crippen molar-refractivity contribution in [3.8, 4) is 0 Å². The molecule has 0 amide bonds. The monoisotopic (exact) mass is 663 g/mol. The summed E-state index contributed by atoms with van der Waals surface area (Å²) < 4.78 is 30.3. The second kappa shape index (κ2) is 16.1. The Hall–Kier alpha value is -5.16. The number of para-hydroxylation sites is 1. The standard InChI is InChI=1S/C38H37N3O6S/c42-38(43)36(26-31-17-7-2-8-18-31)40(48(46,47)37-24-14-13-23-35(37)41(44)45)29-34(25-30-15-5-1-6-16-30)39(27-32-19-9-3-10-20-32)28-33-21-11-4-12-22-33/h1-24,34,36H,25-29H2,(H,42,43)/t34-,36-/m0/s1. The van der Waals surface area contributed by atoms with Crippen LogP contribution in [0.15, 0.2) is 150 Å². The molecule has 0 aliphatic carbocycles. The van der Waals surface area contributed by atoms with E-state index >= 15 is 0 Å². The highest BCUT2D eigenvalue weighted by Gasteiger charge is 2.41. The zero-order valence-corrected chi connectivity index (χ0v) is 27.1. The summed E-state index contributed by atoms with van der Waals surface area (Å²) in [6.45, 7) is 0.652. The molecule has 0 fully saturated rings. The average molecular weight is 664 g/mol. The first-order chi connectivity index (χ1) is 23.2. The van der Waals surface area contributed by atoms with Gasteiger partial charge in [0.25, 0.3) is 15.7 Å². The fourth-order valence-electron chi connectivity index (χ4n) is 5.85. The summed E-state index contributed by atoms with van der Waals surface area (Å²) in [5, 5.41) is 22.7. The van der Waals surface area contributed by atoms with Crippen LogP contribution in [0.3, 0.4) is 0 Å². The summed E-state index contributed by atoms with van der Waals surface area (Å²) in [6, 6.07) is 41.0. The summed E-state index contributed by atoms with van der Waals surface area (Å²) in [4.78, 5) is 26.0. The van der Waals surface area contributed by atoms with Gasteiger partial charge in [0.2, 0.25) is 0 Å². The van der Waals surface area contributed by atoms with E-state index in [1.54, 1.807) is 30.3 Å². The zero-order chi connectivity index (χ0) is 33.9. The van der Waals surface area contributed by atoms with Crippen LogP contribution in [0.25, 0.3) is 0 Å². The molecule has 0 aromatic heterocycles. The van der Waals surface area contributed by atoms with E-state index in [0.29, 0.717) is 25.1 Å². The number of hydrogen-bond donors (Lipinski definition) is 1. The Kier molecular flexibility index (Phi) is 11.5. The fourth-order valence-corrected chi connectivity index (χ4v) is 7.63. The largest absolute Gasteiger partial charge is 0.480 e. The minimum absolute atomic E-state index is 0.133. The third-order valence-corrected chi connectivity index (χ3v) is 10.2. The summed E-state index contributed by atoms with van der Waals surface area (Å²) in [6.07, 6.45) is 0.256. The number of benzene rings is 5. The molecule has 0 heterocycles. The lowest BCUT2D eigenvalue weighted by molar-refractivity contribution is -0.387. The normalized spacial score (nSPS) is 12.9. The van der Waals surface area contributed by atoms with Gasteiger partial charge in [-0.1, -0.05) is 133 Å². The van der Waals surface area contributed by atoms with Crippen molar-refractivity contribution in [3.05, 3.63) is 178 Å². The van der Waals surface area contributed by atoms with Crippen LogP contribution in [-0.2, 0) is 40.7 Å². The SMILES string of the molecule is O=C(O)[C@H](Cc1ccccc1)N(C[C@H](Cc1ccccc1)N(Cc1ccccc1)Cc1ccccc1)S(=O)(=O)c1ccccc1[N+](=O)[O-]. The van der Waals surface area contributed by atoms with Gasteiger partial charge >= 0.3 is 5.97 Å². The van der Waals surface area contributed by atoms with Crippen LogP contribution in [0.2, 0.25) is 0 Å². The summed E-state index contributed by atoms with van der Waals surface area (Å²) in [7, 11) is -4.72. The van der Waals surface area contributed by atoms with Gasteiger partial charge in [-0.3, -0.25) is 19.8 Å². The van der Waals surface area contributed by atoms with Crippen LogP contribution >= 0.6 is 0 Å². The lowest BCUT2D eigenvalue weighted by Crippen LogP contribution is -2.53. The predicted molar refractivity (Wildman–Crippen MR) is 185 cm³/mol. The van der Waals surface area contributed by atoms with E-state index in [-0.39, 0.29) is 13.0 Å². The molecule has 0 saturated carbocycles. The molecule has 48 heavy (non-hydrogen) atoms. The predicted octanol–water partition coefficient (Wildman–Crippen LogP) is 6.60. The van der Waals surface area contributed by atoms with Crippen molar-refractivity contribution in [1.82, 2.24) is 9.21 Å². The molecule has 5 rings (SSSR count). The molecule has 0 spiro atoms. The van der Waals surface area contributed by atoms with E-state index in [1.807, 2.05) is 91.0 Å². The lowest BCUT2D eigenvalue weighted by atomic mass is 10.0. The van der Waals surface area contributed by atoms with Crippen LogP contribution < -0.4 is 0 Å². The molecule has 0 radical (unpaired) electrons. The van der Waals surface area contributed by atoms with Crippen molar-refractivity contribution < 1.29 is 23.2 Å². The van der Waals surface area contributed by atoms with E-state index in [9.17, 15) is 28.4 Å². The van der Waals surface area contributed by atoms with Crippen molar-refractivity contribution in [2.75, 3.05) is 6.54 Å². The van der Waals surface area contributed by atoms with Crippen molar-refractivity contribution in [2.45, 2.75) is 42.9 Å². The molecule has 5 aromatic carbocycles. The van der Waals surface area contributed by atoms with Crippen molar-refractivity contribution >= 4 is 21.7 Å². The number of aliphatic carboxylic acids is 1. The van der Waals surface area contributed by atoms with E-state index < -0.39 is 43.6 Å². The summed E-state index contributed by atoms with van der Waals surface area (Å²) in [5.74, 6) is -1.35. The van der Waals surface area contributed by atoms with E-state index in [4.69, 9.17) is 0 Å². The van der Waals surface area contributed by atoms with Gasteiger partial charge in [0, 0.05) is 31.7 Å². The number of nitro groups is 1. The number of nitrogens with zero attached hydrogens (tertiary/aromatic N) is 3. The van der Waals surface area contributed by atoms with Gasteiger partial charge in [0.05, 0.1) is 4.92 Å². The Labute approximate surface area is 280 Å². The second-order valence-electron chi connectivity index (χ2n) is 11.6. The molecule has 10 heteroatoms. The summed E-state index contributed by atoms with van der Waals surface area (Å²) >= 11 is 0. The Morgan fingerprint density at radius 1 is 0.646 bits per heavy atom. The highest BCUT2D eigenvalue weighted by Crippen LogP contribution is 2.30. The van der Waals surface area contributed by atoms with Crippen LogP contribution in [0, 0.1) is 10.1 Å². The molecule has 2 atom stereocenters. The minimum atomic E-state index is -4.72. The molecule has 0 unspecified atom stereocenters. The van der Waals surface area contributed by atoms with Gasteiger partial charge in [-0.25, -0.2) is 8.42 Å². The molecule has 246 valence electrons. The van der Waals surface area contributed by atoms with Gasteiger partial charge in [0.15, 0.2) is 4.90 Å². The van der Waals surface area contributed by atoms with Gasteiger partial charge < -0.3 is 5.11 Å². The van der Waals surface area contributed by atoms with Gasteiger partial charge in [-0.05, 0) is 41.2 Å². The van der Waals surface area contributed by atoms with Gasteiger partial charge in [0.1, 0.15) is 6.04 Å². The van der Waals surface area contributed by atoms with Gasteiger partial charge in [-0.15, -0.1) is 0 Å².